The molecule has 0 radical (unpaired) electrons. The molecule has 3 aliphatic heterocycles. The number of ether oxygens (including phenoxy) is 6. The summed E-state index contributed by atoms with van der Waals surface area (Å²) in [6.07, 6.45) is -7.29. The third kappa shape index (κ3) is 9.15. The van der Waals surface area contributed by atoms with Crippen LogP contribution in [0, 0.1) is 0 Å². The minimum atomic E-state index is -1.25. The van der Waals surface area contributed by atoms with E-state index in [1.807, 2.05) is 126 Å². The molecule has 0 aromatic heterocycles. The molecule has 0 unspecified atom stereocenters. The normalized spacial score (nSPS) is 30.6. The fourth-order valence-corrected chi connectivity index (χ4v) is 7.43. The fourth-order valence-electron chi connectivity index (χ4n) is 7.43. The number of hydrogen-bond donors (Lipinski definition) is 3. The SMILES string of the molecule is O[C@H]1[C@H](O)[C@@H](O[C@H]2O[C@H](COCc3ccccc3)[C@@H](OCc3ccccc3)[C@H](OCc3ccccc3)[C@H]2OCc2ccccc2)CN2CC[C@H](O)[C@H]12. The van der Waals surface area contributed by atoms with E-state index in [9.17, 15) is 15.3 Å². The van der Waals surface area contributed by atoms with Crippen LogP contribution in [0.3, 0.4) is 0 Å². The Morgan fingerprint density at radius 2 is 1.06 bits per heavy atom. The second-order valence-corrected chi connectivity index (χ2v) is 13.8. The van der Waals surface area contributed by atoms with Gasteiger partial charge in [-0.15, -0.1) is 0 Å². The zero-order chi connectivity index (χ0) is 35.7. The van der Waals surface area contributed by atoms with E-state index in [-0.39, 0.29) is 19.8 Å². The summed E-state index contributed by atoms with van der Waals surface area (Å²) in [5.41, 5.74) is 3.96. The maximum atomic E-state index is 11.4. The van der Waals surface area contributed by atoms with E-state index in [0.29, 0.717) is 32.7 Å². The number of hydrogen-bond acceptors (Lipinski definition) is 10. The van der Waals surface area contributed by atoms with Crippen molar-refractivity contribution in [3.63, 3.8) is 0 Å². The molecule has 3 aliphatic rings. The topological polar surface area (TPSA) is 119 Å². The molecule has 0 aliphatic carbocycles. The smallest absolute Gasteiger partial charge is 0.187 e. The van der Waals surface area contributed by atoms with E-state index in [1.165, 1.54) is 0 Å². The summed E-state index contributed by atoms with van der Waals surface area (Å²) in [6, 6.07) is 39.1. The van der Waals surface area contributed by atoms with Gasteiger partial charge in [0.2, 0.25) is 0 Å². The number of aliphatic hydroxyl groups is 3. The van der Waals surface area contributed by atoms with Gasteiger partial charge in [0.05, 0.1) is 45.2 Å². The van der Waals surface area contributed by atoms with Crippen LogP contribution in [0.25, 0.3) is 0 Å². The van der Waals surface area contributed by atoms with Crippen molar-refractivity contribution in [2.45, 2.75) is 94.0 Å². The maximum absolute atomic E-state index is 11.4. The number of aliphatic hydroxyl groups excluding tert-OH is 3. The Hall–Kier alpha value is -3.52. The lowest BCUT2D eigenvalue weighted by Crippen LogP contribution is -2.66. The molecule has 3 N–H and O–H groups in total. The van der Waals surface area contributed by atoms with Gasteiger partial charge in [-0.05, 0) is 28.7 Å². The van der Waals surface area contributed by atoms with Gasteiger partial charge in [0.1, 0.15) is 42.7 Å². The lowest BCUT2D eigenvalue weighted by Gasteiger charge is -2.49. The standard InChI is InChI=1S/C42H49NO9/c44-33-21-22-43-23-34(37(45)38(46)36(33)43)51-42-41(50-27-32-19-11-4-12-20-32)40(49-26-31-17-9-3-10-18-31)39(48-25-30-15-7-2-8-16-30)35(52-42)28-47-24-29-13-5-1-6-14-29/h1-20,33-42,44-46H,21-28H2/t33-,34-,35+,36+,37+,38+,39+,40-,41+,42-/m0/s1. The van der Waals surface area contributed by atoms with Crippen molar-refractivity contribution in [1.82, 2.24) is 4.90 Å². The summed E-state index contributed by atoms with van der Waals surface area (Å²) in [5, 5.41) is 33.0. The van der Waals surface area contributed by atoms with E-state index in [1.54, 1.807) is 0 Å². The van der Waals surface area contributed by atoms with Crippen LogP contribution < -0.4 is 0 Å². The summed E-state index contributed by atoms with van der Waals surface area (Å²) in [4.78, 5) is 1.98. The summed E-state index contributed by atoms with van der Waals surface area (Å²) in [7, 11) is 0. The Labute approximate surface area is 305 Å². The Bertz CT molecular complexity index is 1620. The van der Waals surface area contributed by atoms with E-state index in [4.69, 9.17) is 28.4 Å². The fraction of sp³-hybridized carbons (Fsp3) is 0.429. The van der Waals surface area contributed by atoms with Gasteiger partial charge in [-0.1, -0.05) is 121 Å². The van der Waals surface area contributed by atoms with Crippen LogP contribution in [0.1, 0.15) is 28.7 Å². The van der Waals surface area contributed by atoms with Gasteiger partial charge < -0.3 is 43.7 Å². The molecule has 0 amide bonds. The van der Waals surface area contributed by atoms with Gasteiger partial charge in [0.25, 0.3) is 0 Å². The van der Waals surface area contributed by atoms with Crippen LogP contribution in [-0.4, -0.2) is 101 Å². The number of nitrogens with zero attached hydrogens (tertiary/aromatic N) is 1. The second kappa shape index (κ2) is 18.0. The van der Waals surface area contributed by atoms with Crippen molar-refractivity contribution in [2.24, 2.45) is 0 Å². The molecule has 0 spiro atoms. The molecule has 3 heterocycles. The first-order valence-electron chi connectivity index (χ1n) is 18.2. The first-order chi connectivity index (χ1) is 25.5. The van der Waals surface area contributed by atoms with Crippen LogP contribution in [0.5, 0.6) is 0 Å². The quantitative estimate of drug-likeness (QED) is 0.165. The van der Waals surface area contributed by atoms with Crippen molar-refractivity contribution in [3.8, 4) is 0 Å². The predicted octanol–water partition coefficient (Wildman–Crippen LogP) is 4.24. The molecule has 52 heavy (non-hydrogen) atoms. The molecular weight excluding hydrogens is 662 g/mol. The lowest BCUT2D eigenvalue weighted by molar-refractivity contribution is -0.345. The monoisotopic (exact) mass is 711 g/mol. The molecule has 4 aromatic carbocycles. The van der Waals surface area contributed by atoms with Crippen molar-refractivity contribution < 1.29 is 43.7 Å². The van der Waals surface area contributed by atoms with Crippen LogP contribution in [0.2, 0.25) is 0 Å². The van der Waals surface area contributed by atoms with Crippen molar-refractivity contribution in [2.75, 3.05) is 19.7 Å². The first kappa shape index (κ1) is 36.8. The molecular formula is C42H49NO9. The molecule has 276 valence electrons. The summed E-state index contributed by atoms with van der Waals surface area (Å²) < 4.78 is 40.0. The largest absolute Gasteiger partial charge is 0.391 e. The van der Waals surface area contributed by atoms with Gasteiger partial charge in [-0.2, -0.15) is 0 Å². The maximum Gasteiger partial charge on any atom is 0.187 e. The van der Waals surface area contributed by atoms with Crippen molar-refractivity contribution >= 4 is 0 Å². The number of benzene rings is 4. The molecule has 4 aromatic rings. The molecule has 7 rings (SSSR count). The van der Waals surface area contributed by atoms with Crippen molar-refractivity contribution in [3.05, 3.63) is 144 Å². The van der Waals surface area contributed by atoms with Gasteiger partial charge in [0.15, 0.2) is 6.29 Å². The van der Waals surface area contributed by atoms with E-state index >= 15 is 0 Å². The molecule has 10 nitrogen and oxygen atoms in total. The van der Waals surface area contributed by atoms with E-state index in [2.05, 4.69) is 0 Å². The van der Waals surface area contributed by atoms with E-state index < -0.39 is 61.2 Å². The number of fused-ring (bicyclic) bond motifs is 1. The van der Waals surface area contributed by atoms with Crippen LogP contribution in [0.15, 0.2) is 121 Å². The zero-order valence-corrected chi connectivity index (χ0v) is 29.2. The highest BCUT2D eigenvalue weighted by Gasteiger charge is 2.53. The zero-order valence-electron chi connectivity index (χ0n) is 29.2. The summed E-state index contributed by atoms with van der Waals surface area (Å²) >= 11 is 0. The lowest BCUT2D eigenvalue weighted by atomic mass is 9.92. The first-order valence-corrected chi connectivity index (χ1v) is 18.2. The molecule has 0 bridgehead atoms. The van der Waals surface area contributed by atoms with Crippen molar-refractivity contribution in [1.29, 1.82) is 0 Å². The summed E-state index contributed by atoms with van der Waals surface area (Å²) in [5.74, 6) is 0. The Morgan fingerprint density at radius 1 is 0.577 bits per heavy atom. The third-order valence-electron chi connectivity index (χ3n) is 10.2. The van der Waals surface area contributed by atoms with Gasteiger partial charge in [-0.3, -0.25) is 4.90 Å². The molecule has 3 saturated heterocycles. The highest BCUT2D eigenvalue weighted by molar-refractivity contribution is 5.16. The summed E-state index contributed by atoms with van der Waals surface area (Å²) in [6.45, 7) is 2.26. The van der Waals surface area contributed by atoms with Gasteiger partial charge in [-0.25, -0.2) is 0 Å². The molecule has 10 heteroatoms. The number of piperidine rings is 1. The predicted molar refractivity (Wildman–Crippen MR) is 193 cm³/mol. The van der Waals surface area contributed by atoms with Crippen LogP contribution in [0.4, 0.5) is 0 Å². The number of rotatable bonds is 15. The minimum Gasteiger partial charge on any atom is -0.391 e. The third-order valence-corrected chi connectivity index (χ3v) is 10.2. The van der Waals surface area contributed by atoms with Gasteiger partial charge >= 0.3 is 0 Å². The second-order valence-electron chi connectivity index (χ2n) is 13.8. The average Bonchev–Trinajstić information content (AvgIpc) is 3.56. The Balaban J connectivity index is 1.20. The molecule has 3 fully saturated rings. The van der Waals surface area contributed by atoms with Crippen LogP contribution >= 0.6 is 0 Å². The molecule has 0 saturated carbocycles. The minimum absolute atomic E-state index is 0.168. The average molecular weight is 712 g/mol. The highest BCUT2D eigenvalue weighted by atomic mass is 16.7. The Kier molecular flexibility index (Phi) is 12.7. The molecule has 10 atom stereocenters. The van der Waals surface area contributed by atoms with Crippen LogP contribution in [-0.2, 0) is 54.8 Å². The van der Waals surface area contributed by atoms with Gasteiger partial charge in [0, 0.05) is 13.1 Å². The van der Waals surface area contributed by atoms with E-state index in [0.717, 1.165) is 22.3 Å². The Morgan fingerprint density at radius 3 is 1.60 bits per heavy atom. The highest BCUT2D eigenvalue weighted by Crippen LogP contribution is 2.35.